The largest absolute Gasteiger partial charge is 0.393 e. The van der Waals surface area contributed by atoms with Gasteiger partial charge in [-0.25, -0.2) is 4.79 Å². The highest BCUT2D eigenvalue weighted by molar-refractivity contribution is 7.80. The van der Waals surface area contributed by atoms with Crippen LogP contribution in [0, 0.1) is 0 Å². The van der Waals surface area contributed by atoms with Gasteiger partial charge in [-0.05, 0) is 24.6 Å². The number of anilines is 1. The molecule has 1 aromatic rings. The van der Waals surface area contributed by atoms with Gasteiger partial charge in [0.25, 0.3) is 0 Å². The number of thiocarbonyl (C=S) groups is 1. The molecule has 0 aliphatic heterocycles. The van der Waals surface area contributed by atoms with Gasteiger partial charge in [-0.1, -0.05) is 42.3 Å². The number of nitrogens with one attached hydrogen (secondary N) is 2. The first-order valence-corrected chi connectivity index (χ1v) is 6.89. The zero-order valence-electron chi connectivity index (χ0n) is 10.4. The second kappa shape index (κ2) is 7.53. The van der Waals surface area contributed by atoms with Crippen LogP contribution in [0.5, 0.6) is 0 Å². The number of nitrogens with two attached hydrogens (primary N) is 1. The molecule has 0 aromatic heterocycles. The molecule has 0 bridgehead atoms. The van der Waals surface area contributed by atoms with Gasteiger partial charge < -0.3 is 16.4 Å². The number of hydrogen-bond donors (Lipinski definition) is 3. The predicted octanol–water partition coefficient (Wildman–Crippen LogP) is 3.57. The van der Waals surface area contributed by atoms with Crippen LogP contribution in [0.1, 0.15) is 19.8 Å². The van der Waals surface area contributed by atoms with E-state index < -0.39 is 0 Å². The number of benzene rings is 1. The molecule has 0 heterocycles. The lowest BCUT2D eigenvalue weighted by Gasteiger charge is -2.17. The monoisotopic (exact) mass is 319 g/mol. The van der Waals surface area contributed by atoms with Crippen LogP contribution < -0.4 is 16.4 Å². The van der Waals surface area contributed by atoms with E-state index in [1.54, 1.807) is 18.2 Å². The van der Waals surface area contributed by atoms with Gasteiger partial charge in [0.05, 0.1) is 15.7 Å². The van der Waals surface area contributed by atoms with Gasteiger partial charge >= 0.3 is 6.03 Å². The molecule has 0 spiro atoms. The Kier molecular flexibility index (Phi) is 6.34. The highest BCUT2D eigenvalue weighted by atomic mass is 35.5. The third kappa shape index (κ3) is 5.63. The molecule has 19 heavy (non-hydrogen) atoms. The molecule has 0 aliphatic carbocycles. The fourth-order valence-electron chi connectivity index (χ4n) is 1.48. The maximum absolute atomic E-state index is 11.8. The number of urea groups is 1. The van der Waals surface area contributed by atoms with E-state index in [2.05, 4.69) is 10.6 Å². The van der Waals surface area contributed by atoms with Crippen LogP contribution in [-0.2, 0) is 0 Å². The summed E-state index contributed by atoms with van der Waals surface area (Å²) in [5.41, 5.74) is 5.92. The molecule has 0 saturated carbocycles. The molecule has 0 fully saturated rings. The Balaban J connectivity index is 2.63. The second-order valence-electron chi connectivity index (χ2n) is 4.00. The third-order valence-corrected chi connectivity index (χ3v) is 3.18. The van der Waals surface area contributed by atoms with E-state index in [0.717, 1.165) is 6.42 Å². The normalized spacial score (nSPS) is 11.7. The lowest BCUT2D eigenvalue weighted by atomic mass is 10.1. The highest BCUT2D eigenvalue weighted by Gasteiger charge is 2.12. The molecule has 1 rings (SSSR count). The summed E-state index contributed by atoms with van der Waals surface area (Å²) < 4.78 is 0. The van der Waals surface area contributed by atoms with Gasteiger partial charge in [0.2, 0.25) is 0 Å². The van der Waals surface area contributed by atoms with Crippen molar-refractivity contribution in [2.24, 2.45) is 5.73 Å². The molecular formula is C12H15Cl2N3OS. The van der Waals surface area contributed by atoms with E-state index in [1.807, 2.05) is 6.92 Å². The van der Waals surface area contributed by atoms with Crippen molar-refractivity contribution >= 4 is 52.1 Å². The van der Waals surface area contributed by atoms with Crippen molar-refractivity contribution in [2.75, 3.05) is 5.32 Å². The number of halogens is 2. The zero-order valence-corrected chi connectivity index (χ0v) is 12.7. The summed E-state index contributed by atoms with van der Waals surface area (Å²) in [5, 5.41) is 6.33. The number of carbonyl (C=O) groups is 1. The lowest BCUT2D eigenvalue weighted by molar-refractivity contribution is 0.248. The van der Waals surface area contributed by atoms with Crippen LogP contribution in [-0.4, -0.2) is 17.1 Å². The molecule has 2 amide bonds. The Morgan fingerprint density at radius 2 is 2.16 bits per heavy atom. The summed E-state index contributed by atoms with van der Waals surface area (Å²) in [7, 11) is 0. The minimum Gasteiger partial charge on any atom is -0.393 e. The average Bonchev–Trinajstić information content (AvgIpc) is 2.32. The van der Waals surface area contributed by atoms with Crippen molar-refractivity contribution in [3.8, 4) is 0 Å². The molecule has 4 nitrogen and oxygen atoms in total. The number of hydrogen-bond acceptors (Lipinski definition) is 2. The number of rotatable bonds is 5. The SMILES string of the molecule is CCC(CC(N)=S)NC(=O)Nc1cc(Cl)ccc1Cl. The Hall–Kier alpha value is -1.04. The summed E-state index contributed by atoms with van der Waals surface area (Å²) >= 11 is 16.6. The molecule has 7 heteroatoms. The third-order valence-electron chi connectivity index (χ3n) is 2.45. The maximum atomic E-state index is 11.8. The summed E-state index contributed by atoms with van der Waals surface area (Å²) in [5.74, 6) is 0. The van der Waals surface area contributed by atoms with Crippen molar-refractivity contribution in [3.63, 3.8) is 0 Å². The Morgan fingerprint density at radius 3 is 2.74 bits per heavy atom. The smallest absolute Gasteiger partial charge is 0.319 e. The summed E-state index contributed by atoms with van der Waals surface area (Å²) in [4.78, 5) is 12.2. The first-order valence-electron chi connectivity index (χ1n) is 5.73. The first kappa shape index (κ1) is 16.0. The summed E-state index contributed by atoms with van der Waals surface area (Å²) in [6, 6.07) is 4.38. The van der Waals surface area contributed by atoms with Gasteiger partial charge in [0.1, 0.15) is 0 Å². The van der Waals surface area contributed by atoms with Crippen LogP contribution in [0.4, 0.5) is 10.5 Å². The first-order chi connectivity index (χ1) is 8.92. The predicted molar refractivity (Wildman–Crippen MR) is 84.1 cm³/mol. The Morgan fingerprint density at radius 1 is 1.47 bits per heavy atom. The van der Waals surface area contributed by atoms with Crippen molar-refractivity contribution in [2.45, 2.75) is 25.8 Å². The van der Waals surface area contributed by atoms with Crippen LogP contribution in [0.3, 0.4) is 0 Å². The van der Waals surface area contributed by atoms with E-state index in [1.165, 1.54) is 0 Å². The van der Waals surface area contributed by atoms with Crippen LogP contribution >= 0.6 is 35.4 Å². The zero-order chi connectivity index (χ0) is 14.4. The molecule has 4 N–H and O–H groups in total. The molecular weight excluding hydrogens is 305 g/mol. The van der Waals surface area contributed by atoms with E-state index in [9.17, 15) is 4.79 Å². The fraction of sp³-hybridized carbons (Fsp3) is 0.333. The summed E-state index contributed by atoms with van der Waals surface area (Å²) in [6.45, 7) is 1.94. The summed E-state index contributed by atoms with van der Waals surface area (Å²) in [6.07, 6.45) is 1.19. The Bertz CT molecular complexity index is 482. The highest BCUT2D eigenvalue weighted by Crippen LogP contribution is 2.25. The lowest BCUT2D eigenvalue weighted by Crippen LogP contribution is -2.39. The molecule has 104 valence electrons. The van der Waals surface area contributed by atoms with Gasteiger partial charge in [-0.2, -0.15) is 0 Å². The van der Waals surface area contributed by atoms with Crippen molar-refractivity contribution < 1.29 is 4.79 Å². The average molecular weight is 320 g/mol. The van der Waals surface area contributed by atoms with Gasteiger partial charge in [-0.3, -0.25) is 0 Å². The van der Waals surface area contributed by atoms with Crippen molar-refractivity contribution in [1.82, 2.24) is 5.32 Å². The van der Waals surface area contributed by atoms with Crippen LogP contribution in [0.15, 0.2) is 18.2 Å². The topological polar surface area (TPSA) is 67.1 Å². The van der Waals surface area contributed by atoms with Crippen LogP contribution in [0.25, 0.3) is 0 Å². The van der Waals surface area contributed by atoms with Gasteiger partial charge in [0, 0.05) is 17.5 Å². The molecule has 0 aliphatic rings. The van der Waals surface area contributed by atoms with Crippen LogP contribution in [0.2, 0.25) is 10.0 Å². The van der Waals surface area contributed by atoms with E-state index in [4.69, 9.17) is 41.2 Å². The molecule has 0 radical (unpaired) electrons. The van der Waals surface area contributed by atoms with Crippen molar-refractivity contribution in [1.29, 1.82) is 0 Å². The van der Waals surface area contributed by atoms with E-state index in [-0.39, 0.29) is 12.1 Å². The molecule has 1 unspecified atom stereocenters. The quantitative estimate of drug-likeness (QED) is 0.727. The molecule has 0 saturated heterocycles. The maximum Gasteiger partial charge on any atom is 0.319 e. The van der Waals surface area contributed by atoms with E-state index in [0.29, 0.717) is 27.1 Å². The van der Waals surface area contributed by atoms with Gasteiger partial charge in [-0.15, -0.1) is 0 Å². The minimum atomic E-state index is -0.368. The number of carbonyl (C=O) groups excluding carboxylic acids is 1. The van der Waals surface area contributed by atoms with Gasteiger partial charge in [0.15, 0.2) is 0 Å². The van der Waals surface area contributed by atoms with E-state index >= 15 is 0 Å². The second-order valence-corrected chi connectivity index (χ2v) is 5.37. The Labute approximate surface area is 127 Å². The molecule has 1 atom stereocenters. The molecule has 1 aromatic carbocycles. The number of amides is 2. The fourth-order valence-corrected chi connectivity index (χ4v) is 2.02. The standard InChI is InChI=1S/C12H15Cl2N3OS/c1-2-8(6-11(15)19)16-12(18)17-10-5-7(13)3-4-9(10)14/h3-5,8H,2,6H2,1H3,(H2,15,19)(H2,16,17,18). The van der Waals surface area contributed by atoms with Crippen molar-refractivity contribution in [3.05, 3.63) is 28.2 Å². The minimum absolute atomic E-state index is 0.101.